The van der Waals surface area contributed by atoms with Crippen molar-refractivity contribution in [2.24, 2.45) is 5.41 Å². The normalized spacial score (nSPS) is 12.9. The number of rotatable bonds is 3. The van der Waals surface area contributed by atoms with E-state index in [1.807, 2.05) is 12.1 Å². The Bertz CT molecular complexity index is 2110. The van der Waals surface area contributed by atoms with Crippen molar-refractivity contribution >= 4 is 65.5 Å². The van der Waals surface area contributed by atoms with Crippen molar-refractivity contribution in [1.82, 2.24) is 9.97 Å². The number of nitrogens with zero attached hydrogens (tertiary/aromatic N) is 2. The summed E-state index contributed by atoms with van der Waals surface area (Å²) in [6, 6.07) is 37.0. The Morgan fingerprint density at radius 1 is 0.714 bits per heavy atom. The SMILES string of the molecule is CC(C)(C)Cc1ccc2c(c1)sc1c(-c3cc(B4c5ccccc5Oc5ccccc54)c4ccccc4c3)ncnc12. The summed E-state index contributed by atoms with van der Waals surface area (Å²) in [4.78, 5) is 9.69. The number of hydrogen-bond acceptors (Lipinski definition) is 4. The van der Waals surface area contributed by atoms with Gasteiger partial charge in [-0.1, -0.05) is 105 Å². The molecule has 0 spiro atoms. The standard InChI is InChI=1S/C37H29BN2OS/c1-37(2,3)21-23-16-17-27-33(18-23)42-36-34(39-22-40-35(27)36)25-19-24-10-4-5-11-26(24)30(20-25)38-28-12-6-8-14-31(28)41-32-15-9-7-13-29(32)38/h4-20,22H,21H2,1-3H3. The van der Waals surface area contributed by atoms with Gasteiger partial charge in [0, 0.05) is 15.6 Å². The number of aromatic nitrogens is 2. The molecule has 0 bridgehead atoms. The minimum absolute atomic E-state index is 0.0377. The smallest absolute Gasteiger partial charge is 0.251 e. The third kappa shape index (κ3) is 4.19. The molecule has 5 aromatic carbocycles. The Morgan fingerprint density at radius 2 is 1.43 bits per heavy atom. The molecule has 0 saturated carbocycles. The molecule has 2 aromatic heterocycles. The molecule has 202 valence electrons. The lowest BCUT2D eigenvalue weighted by atomic mass is 9.35. The lowest BCUT2D eigenvalue weighted by Crippen LogP contribution is -2.55. The predicted molar refractivity (Wildman–Crippen MR) is 179 cm³/mol. The highest BCUT2D eigenvalue weighted by Gasteiger charge is 2.33. The molecule has 0 unspecified atom stereocenters. The zero-order chi connectivity index (χ0) is 28.4. The van der Waals surface area contributed by atoms with Crippen LogP contribution in [0.3, 0.4) is 0 Å². The van der Waals surface area contributed by atoms with E-state index in [9.17, 15) is 0 Å². The molecular formula is C37H29BN2OS. The van der Waals surface area contributed by atoms with Crippen LogP contribution in [0.15, 0.2) is 109 Å². The van der Waals surface area contributed by atoms with E-state index >= 15 is 0 Å². The molecule has 0 aliphatic carbocycles. The minimum Gasteiger partial charge on any atom is -0.458 e. The zero-order valence-corrected chi connectivity index (χ0v) is 24.7. The lowest BCUT2D eigenvalue weighted by molar-refractivity contribution is 0.411. The van der Waals surface area contributed by atoms with Gasteiger partial charge in [-0.2, -0.15) is 0 Å². The largest absolute Gasteiger partial charge is 0.458 e. The van der Waals surface area contributed by atoms with Crippen molar-refractivity contribution in [3.8, 4) is 22.8 Å². The molecule has 0 atom stereocenters. The molecule has 0 fully saturated rings. The van der Waals surface area contributed by atoms with Crippen LogP contribution in [0.1, 0.15) is 26.3 Å². The van der Waals surface area contributed by atoms with E-state index in [4.69, 9.17) is 14.7 Å². The maximum absolute atomic E-state index is 6.37. The van der Waals surface area contributed by atoms with Gasteiger partial charge < -0.3 is 4.74 Å². The summed E-state index contributed by atoms with van der Waals surface area (Å²) >= 11 is 1.80. The molecule has 1 aliphatic heterocycles. The monoisotopic (exact) mass is 560 g/mol. The second-order valence-electron chi connectivity index (χ2n) is 12.5. The average molecular weight is 561 g/mol. The number of hydrogen-bond donors (Lipinski definition) is 0. The summed E-state index contributed by atoms with van der Waals surface area (Å²) in [5.41, 5.74) is 8.33. The molecular weight excluding hydrogens is 531 g/mol. The van der Waals surface area contributed by atoms with Gasteiger partial charge in [0.2, 0.25) is 0 Å². The first kappa shape index (κ1) is 25.3. The molecule has 0 saturated heterocycles. The zero-order valence-electron chi connectivity index (χ0n) is 23.9. The molecule has 3 heterocycles. The molecule has 1 aliphatic rings. The van der Waals surface area contributed by atoms with Crippen molar-refractivity contribution in [2.75, 3.05) is 0 Å². The fourth-order valence-electron chi connectivity index (χ4n) is 6.51. The Morgan fingerprint density at radius 3 is 2.19 bits per heavy atom. The van der Waals surface area contributed by atoms with E-state index in [0.29, 0.717) is 0 Å². The van der Waals surface area contributed by atoms with Crippen molar-refractivity contribution in [3.63, 3.8) is 0 Å². The lowest BCUT2D eigenvalue weighted by Gasteiger charge is -2.27. The first-order chi connectivity index (χ1) is 20.4. The number of fused-ring (bicyclic) bond motifs is 6. The van der Waals surface area contributed by atoms with Gasteiger partial charge in [0.15, 0.2) is 0 Å². The minimum atomic E-state index is 0.0377. The Labute approximate surface area is 249 Å². The summed E-state index contributed by atoms with van der Waals surface area (Å²) in [7, 11) is 0. The summed E-state index contributed by atoms with van der Waals surface area (Å²) in [5, 5.41) is 3.64. The molecule has 42 heavy (non-hydrogen) atoms. The molecule has 7 aromatic rings. The highest BCUT2D eigenvalue weighted by molar-refractivity contribution is 7.26. The van der Waals surface area contributed by atoms with Crippen LogP contribution in [-0.4, -0.2) is 16.7 Å². The van der Waals surface area contributed by atoms with Gasteiger partial charge in [-0.15, -0.1) is 11.3 Å². The van der Waals surface area contributed by atoms with Crippen LogP contribution < -0.4 is 21.1 Å². The third-order valence-electron chi connectivity index (χ3n) is 8.21. The van der Waals surface area contributed by atoms with Crippen LogP contribution in [0.5, 0.6) is 11.5 Å². The third-order valence-corrected chi connectivity index (χ3v) is 9.36. The van der Waals surface area contributed by atoms with E-state index in [1.165, 1.54) is 42.8 Å². The van der Waals surface area contributed by atoms with E-state index in [2.05, 4.69) is 112 Å². The van der Waals surface area contributed by atoms with E-state index in [0.717, 1.165) is 39.4 Å². The van der Waals surface area contributed by atoms with Gasteiger partial charge >= 0.3 is 0 Å². The second-order valence-corrected chi connectivity index (χ2v) is 13.5. The Hall–Kier alpha value is -4.48. The fourth-order valence-corrected chi connectivity index (χ4v) is 7.74. The first-order valence-electron chi connectivity index (χ1n) is 14.5. The molecule has 0 radical (unpaired) electrons. The van der Waals surface area contributed by atoms with Crippen molar-refractivity contribution in [1.29, 1.82) is 0 Å². The topological polar surface area (TPSA) is 35.0 Å². The first-order valence-corrected chi connectivity index (χ1v) is 15.3. The van der Waals surface area contributed by atoms with Crippen LogP contribution >= 0.6 is 11.3 Å². The highest BCUT2D eigenvalue weighted by atomic mass is 32.1. The van der Waals surface area contributed by atoms with Crippen LogP contribution in [0, 0.1) is 5.41 Å². The van der Waals surface area contributed by atoms with Gasteiger partial charge in [0.05, 0.1) is 15.9 Å². The molecule has 8 rings (SSSR count). The molecule has 5 heteroatoms. The molecule has 3 nitrogen and oxygen atoms in total. The van der Waals surface area contributed by atoms with E-state index < -0.39 is 0 Å². The van der Waals surface area contributed by atoms with Crippen LogP contribution in [0.25, 0.3) is 42.3 Å². The van der Waals surface area contributed by atoms with Crippen molar-refractivity contribution < 1.29 is 4.74 Å². The quantitative estimate of drug-likeness (QED) is 0.206. The second kappa shape index (κ2) is 9.54. The van der Waals surface area contributed by atoms with Crippen LogP contribution in [0.2, 0.25) is 0 Å². The highest BCUT2D eigenvalue weighted by Crippen LogP contribution is 2.39. The van der Waals surface area contributed by atoms with Gasteiger partial charge in [-0.05, 0) is 63.4 Å². The average Bonchev–Trinajstić information content (AvgIpc) is 3.36. The molecule has 0 N–H and O–H groups in total. The van der Waals surface area contributed by atoms with Gasteiger partial charge in [0.25, 0.3) is 6.71 Å². The summed E-state index contributed by atoms with van der Waals surface area (Å²) in [5.74, 6) is 1.83. The van der Waals surface area contributed by atoms with E-state index in [1.54, 1.807) is 17.7 Å². The maximum Gasteiger partial charge on any atom is 0.251 e. The van der Waals surface area contributed by atoms with Crippen LogP contribution in [0.4, 0.5) is 0 Å². The predicted octanol–water partition coefficient (Wildman–Crippen LogP) is 7.88. The van der Waals surface area contributed by atoms with Crippen molar-refractivity contribution in [2.45, 2.75) is 27.2 Å². The maximum atomic E-state index is 6.37. The number of para-hydroxylation sites is 2. The fraction of sp³-hybridized carbons (Fsp3) is 0.135. The molecule has 0 amide bonds. The summed E-state index contributed by atoms with van der Waals surface area (Å²) in [6.07, 6.45) is 2.76. The Kier molecular flexibility index (Phi) is 5.73. The Balaban J connectivity index is 1.36. The number of ether oxygens (including phenoxy) is 1. The number of thiophene rings is 1. The van der Waals surface area contributed by atoms with Crippen molar-refractivity contribution in [3.05, 3.63) is 115 Å². The van der Waals surface area contributed by atoms with Gasteiger partial charge in [0.1, 0.15) is 17.8 Å². The van der Waals surface area contributed by atoms with E-state index in [-0.39, 0.29) is 12.1 Å². The van der Waals surface area contributed by atoms with Gasteiger partial charge in [-0.3, -0.25) is 0 Å². The van der Waals surface area contributed by atoms with Gasteiger partial charge in [-0.25, -0.2) is 9.97 Å². The summed E-state index contributed by atoms with van der Waals surface area (Å²) < 4.78 is 8.77. The summed E-state index contributed by atoms with van der Waals surface area (Å²) in [6.45, 7) is 6.91. The number of benzene rings is 5. The van der Waals surface area contributed by atoms with Crippen LogP contribution in [-0.2, 0) is 6.42 Å².